The first-order chi connectivity index (χ1) is 14.6. The van der Waals surface area contributed by atoms with Gasteiger partial charge in [-0.3, -0.25) is 9.98 Å². The fourth-order valence-electron chi connectivity index (χ4n) is 1.92. The SMILES string of the molecule is O=C(O)C(=NNc1ccc(N=Nc2ccc(SOOO)cc2)cc1S(=O)(=O)O)C(=O)O. The number of hydrogen-bond acceptors (Lipinski definition) is 12. The van der Waals surface area contributed by atoms with Crippen LogP contribution >= 0.6 is 12.0 Å². The van der Waals surface area contributed by atoms with Gasteiger partial charge in [0, 0.05) is 4.90 Å². The van der Waals surface area contributed by atoms with Gasteiger partial charge in [0.1, 0.15) is 4.90 Å². The van der Waals surface area contributed by atoms with E-state index >= 15 is 0 Å². The van der Waals surface area contributed by atoms with Crippen molar-refractivity contribution in [3.05, 3.63) is 42.5 Å². The van der Waals surface area contributed by atoms with Crippen molar-refractivity contribution in [1.29, 1.82) is 0 Å². The minimum atomic E-state index is -4.82. The van der Waals surface area contributed by atoms with Crippen molar-refractivity contribution >= 4 is 56.9 Å². The predicted molar refractivity (Wildman–Crippen MR) is 104 cm³/mol. The van der Waals surface area contributed by atoms with Crippen molar-refractivity contribution in [2.75, 3.05) is 5.43 Å². The van der Waals surface area contributed by atoms with Gasteiger partial charge in [-0.15, -0.1) is 4.33 Å². The second-order valence-electron chi connectivity index (χ2n) is 5.26. The number of aliphatic carboxylic acids is 2. The number of carbonyl (C=O) groups is 2. The van der Waals surface area contributed by atoms with Crippen molar-refractivity contribution in [2.24, 2.45) is 15.3 Å². The van der Waals surface area contributed by atoms with Gasteiger partial charge in [0.2, 0.25) is 0 Å². The van der Waals surface area contributed by atoms with E-state index in [1.165, 1.54) is 18.2 Å². The standard InChI is InChI=1S/C15H12N4O10S2/c20-14(21)13(15(22)23)19-18-11-6-3-9(7-12(11)31(25,26)27)17-16-8-1-4-10(5-2-8)30-29-28-24/h1-7,18,24H,(H,20,21)(H,22,23)(H,25,26,27). The van der Waals surface area contributed by atoms with Crippen molar-refractivity contribution in [3.63, 3.8) is 0 Å². The molecular formula is C15H12N4O10S2. The summed E-state index contributed by atoms with van der Waals surface area (Å²) >= 11 is 0.730. The van der Waals surface area contributed by atoms with Crippen molar-refractivity contribution < 1.29 is 47.4 Å². The highest BCUT2D eigenvalue weighted by Gasteiger charge is 2.20. The highest BCUT2D eigenvalue weighted by molar-refractivity contribution is 7.94. The molecule has 14 nitrogen and oxygen atoms in total. The molecule has 16 heteroatoms. The number of carboxylic acid groups (broad SMARTS) is 2. The fourth-order valence-corrected chi connectivity index (χ4v) is 2.94. The molecule has 0 unspecified atom stereocenters. The molecule has 0 heterocycles. The van der Waals surface area contributed by atoms with Gasteiger partial charge >= 0.3 is 11.9 Å². The molecule has 0 aliphatic carbocycles. The van der Waals surface area contributed by atoms with E-state index in [-0.39, 0.29) is 5.69 Å². The largest absolute Gasteiger partial charge is 0.476 e. The molecule has 0 fully saturated rings. The van der Waals surface area contributed by atoms with E-state index in [0.29, 0.717) is 10.6 Å². The van der Waals surface area contributed by atoms with E-state index < -0.39 is 38.4 Å². The lowest BCUT2D eigenvalue weighted by atomic mass is 10.3. The average Bonchev–Trinajstić information content (AvgIpc) is 2.71. The lowest BCUT2D eigenvalue weighted by Gasteiger charge is -2.07. The number of hydrogen-bond donors (Lipinski definition) is 5. The fraction of sp³-hybridized carbons (Fsp3) is 0. The lowest BCUT2D eigenvalue weighted by molar-refractivity contribution is -0.432. The topological polar surface area (TPSA) is 217 Å². The molecule has 2 rings (SSSR count). The number of hydrazone groups is 1. The summed E-state index contributed by atoms with van der Waals surface area (Å²) in [6, 6.07) is 9.43. The summed E-state index contributed by atoms with van der Waals surface area (Å²) in [4.78, 5) is 21.5. The summed E-state index contributed by atoms with van der Waals surface area (Å²) in [5.41, 5.74) is 0.639. The van der Waals surface area contributed by atoms with Crippen LogP contribution in [0, 0.1) is 0 Å². The van der Waals surface area contributed by atoms with Gasteiger partial charge in [0.05, 0.1) is 29.1 Å². The molecule has 0 aliphatic heterocycles. The summed E-state index contributed by atoms with van der Waals surface area (Å²) < 4.78 is 36.9. The molecular weight excluding hydrogens is 460 g/mol. The molecule has 0 bridgehead atoms. The Hall–Kier alpha value is -3.41. The second kappa shape index (κ2) is 10.6. The maximum atomic E-state index is 11.6. The monoisotopic (exact) mass is 472 g/mol. The zero-order valence-corrected chi connectivity index (χ0v) is 16.6. The lowest BCUT2D eigenvalue weighted by Crippen LogP contribution is -2.24. The summed E-state index contributed by atoms with van der Waals surface area (Å²) in [5.74, 6) is -3.72. The summed E-state index contributed by atoms with van der Waals surface area (Å²) in [5, 5.41) is 39.9. The van der Waals surface area contributed by atoms with Crippen molar-refractivity contribution in [1.82, 2.24) is 0 Å². The van der Waals surface area contributed by atoms with Gasteiger partial charge in [0.25, 0.3) is 15.8 Å². The Balaban J connectivity index is 2.29. The zero-order chi connectivity index (χ0) is 23.0. The second-order valence-corrected chi connectivity index (χ2v) is 7.42. The van der Waals surface area contributed by atoms with Gasteiger partial charge in [-0.1, -0.05) is 5.04 Å². The van der Waals surface area contributed by atoms with Gasteiger partial charge in [-0.05, 0) is 42.5 Å². The van der Waals surface area contributed by atoms with Crippen LogP contribution < -0.4 is 5.43 Å². The third-order valence-corrected chi connectivity index (χ3v) is 4.70. The van der Waals surface area contributed by atoms with Crippen LogP contribution in [0.3, 0.4) is 0 Å². The van der Waals surface area contributed by atoms with Crippen LogP contribution in [0.2, 0.25) is 0 Å². The van der Waals surface area contributed by atoms with E-state index in [2.05, 4.69) is 24.7 Å². The van der Waals surface area contributed by atoms with Crippen LogP contribution in [0.1, 0.15) is 0 Å². The Morgan fingerprint density at radius 2 is 1.55 bits per heavy atom. The van der Waals surface area contributed by atoms with Gasteiger partial charge in [0.15, 0.2) is 0 Å². The number of anilines is 1. The molecule has 0 aromatic heterocycles. The molecule has 5 N–H and O–H groups in total. The maximum absolute atomic E-state index is 11.6. The third kappa shape index (κ3) is 7.10. The Morgan fingerprint density at radius 3 is 2.10 bits per heavy atom. The van der Waals surface area contributed by atoms with Crippen LogP contribution in [0.4, 0.5) is 17.1 Å². The van der Waals surface area contributed by atoms with E-state index in [0.717, 1.165) is 24.2 Å². The van der Waals surface area contributed by atoms with E-state index in [1.807, 2.05) is 5.43 Å². The average molecular weight is 472 g/mol. The van der Waals surface area contributed by atoms with Gasteiger partial charge < -0.3 is 10.2 Å². The molecule has 0 aliphatic rings. The number of rotatable bonds is 10. The Morgan fingerprint density at radius 1 is 0.968 bits per heavy atom. The zero-order valence-electron chi connectivity index (χ0n) is 14.9. The van der Waals surface area contributed by atoms with E-state index in [9.17, 15) is 22.6 Å². The molecule has 0 saturated heterocycles. The van der Waals surface area contributed by atoms with Gasteiger partial charge in [-0.25, -0.2) is 14.8 Å². The summed E-state index contributed by atoms with van der Waals surface area (Å²) in [6.45, 7) is 0. The summed E-state index contributed by atoms with van der Waals surface area (Å²) in [7, 11) is -4.82. The minimum absolute atomic E-state index is 0.00527. The molecule has 31 heavy (non-hydrogen) atoms. The number of nitrogens with zero attached hydrogens (tertiary/aromatic N) is 3. The Bertz CT molecular complexity index is 1120. The first-order valence-corrected chi connectivity index (χ1v) is 9.88. The van der Waals surface area contributed by atoms with Crippen LogP contribution in [-0.4, -0.2) is 46.1 Å². The molecule has 0 atom stereocenters. The van der Waals surface area contributed by atoms with Crippen LogP contribution in [0.15, 0.2) is 67.6 Å². The molecule has 2 aromatic carbocycles. The number of carboxylic acids is 2. The highest BCUT2D eigenvalue weighted by atomic mass is 32.2. The molecule has 0 amide bonds. The third-order valence-electron chi connectivity index (χ3n) is 3.21. The van der Waals surface area contributed by atoms with Gasteiger partial charge in [-0.2, -0.15) is 23.7 Å². The van der Waals surface area contributed by atoms with Crippen molar-refractivity contribution in [2.45, 2.75) is 9.79 Å². The van der Waals surface area contributed by atoms with Crippen LogP contribution in [0.25, 0.3) is 0 Å². The molecule has 164 valence electrons. The predicted octanol–water partition coefficient (Wildman–Crippen LogP) is 2.71. The van der Waals surface area contributed by atoms with Crippen LogP contribution in [0.5, 0.6) is 0 Å². The molecule has 2 aromatic rings. The van der Waals surface area contributed by atoms with E-state index in [1.54, 1.807) is 12.1 Å². The maximum Gasteiger partial charge on any atom is 0.364 e. The normalized spacial score (nSPS) is 11.3. The van der Waals surface area contributed by atoms with E-state index in [4.69, 9.17) is 15.5 Å². The summed E-state index contributed by atoms with van der Waals surface area (Å²) in [6.07, 6.45) is 0. The molecule has 0 saturated carbocycles. The highest BCUT2D eigenvalue weighted by Crippen LogP contribution is 2.29. The first kappa shape index (κ1) is 23.9. The Labute approximate surface area is 177 Å². The first-order valence-electron chi connectivity index (χ1n) is 7.70. The smallest absolute Gasteiger partial charge is 0.364 e. The van der Waals surface area contributed by atoms with Crippen LogP contribution in [-0.2, 0) is 29.1 Å². The Kier molecular flexibility index (Phi) is 8.14. The molecule has 0 spiro atoms. The number of azo groups is 1. The minimum Gasteiger partial charge on any atom is -0.476 e. The molecule has 0 radical (unpaired) electrons. The number of benzene rings is 2. The number of nitrogens with one attached hydrogen (secondary N) is 1. The quantitative estimate of drug-likeness (QED) is 0.0641. The van der Waals surface area contributed by atoms with Crippen molar-refractivity contribution in [3.8, 4) is 0 Å².